The summed E-state index contributed by atoms with van der Waals surface area (Å²) in [6, 6.07) is 10.8. The maximum Gasteiger partial charge on any atom is 0.143 e. The van der Waals surface area contributed by atoms with Crippen LogP contribution in [0, 0.1) is 29.6 Å². The van der Waals surface area contributed by atoms with Gasteiger partial charge in [0, 0.05) is 11.8 Å². The van der Waals surface area contributed by atoms with Gasteiger partial charge in [0.25, 0.3) is 0 Å². The van der Waals surface area contributed by atoms with Crippen molar-refractivity contribution in [3.63, 3.8) is 0 Å². The van der Waals surface area contributed by atoms with Crippen LogP contribution in [0.1, 0.15) is 31.2 Å². The van der Waals surface area contributed by atoms with E-state index in [9.17, 15) is 4.79 Å². The summed E-state index contributed by atoms with van der Waals surface area (Å²) >= 11 is 0. The highest BCUT2D eigenvalue weighted by Crippen LogP contribution is 2.57. The van der Waals surface area contributed by atoms with E-state index in [4.69, 9.17) is 0 Å². The number of hydrogen-bond donors (Lipinski definition) is 0. The first kappa shape index (κ1) is 11.5. The lowest BCUT2D eigenvalue weighted by Crippen LogP contribution is -2.35. The second kappa shape index (κ2) is 4.06. The zero-order valence-corrected chi connectivity index (χ0v) is 11.3. The van der Waals surface area contributed by atoms with Crippen LogP contribution in [-0.2, 0) is 4.79 Å². The molecule has 0 saturated heterocycles. The molecule has 1 unspecified atom stereocenters. The van der Waals surface area contributed by atoms with Gasteiger partial charge in [-0.25, -0.2) is 0 Å². The predicted octanol–water partition coefficient (Wildman–Crippen LogP) is 3.82. The van der Waals surface area contributed by atoms with Gasteiger partial charge in [-0.15, -0.1) is 0 Å². The van der Waals surface area contributed by atoms with Gasteiger partial charge >= 0.3 is 0 Å². The average Bonchev–Trinajstić information content (AvgIpc) is 3.00. The van der Waals surface area contributed by atoms with Crippen molar-refractivity contribution >= 4 is 5.78 Å². The van der Waals surface area contributed by atoms with Crippen LogP contribution in [0.25, 0.3) is 0 Å². The number of ketones is 1. The largest absolute Gasteiger partial charge is 0.299 e. The minimum absolute atomic E-state index is 0.243. The van der Waals surface area contributed by atoms with Crippen LogP contribution < -0.4 is 0 Å². The van der Waals surface area contributed by atoms with Gasteiger partial charge in [0.1, 0.15) is 5.78 Å². The molecule has 3 aliphatic rings. The number of carbonyl (C=O) groups is 1. The van der Waals surface area contributed by atoms with Crippen molar-refractivity contribution in [1.29, 1.82) is 0 Å². The fraction of sp³-hybridized carbons (Fsp3) is 0.500. The Balaban J connectivity index is 1.76. The second-order valence-electron chi connectivity index (χ2n) is 6.63. The minimum Gasteiger partial charge on any atom is -0.299 e. The summed E-state index contributed by atoms with van der Waals surface area (Å²) in [5.74, 6) is 3.49. The molecular formula is C18H20O. The third kappa shape index (κ3) is 1.57. The molecule has 0 aliphatic heterocycles. The van der Waals surface area contributed by atoms with Gasteiger partial charge in [0.2, 0.25) is 0 Å². The Hall–Kier alpha value is -1.37. The Morgan fingerprint density at radius 1 is 1.05 bits per heavy atom. The van der Waals surface area contributed by atoms with E-state index in [1.807, 2.05) is 0 Å². The molecular weight excluding hydrogens is 232 g/mol. The van der Waals surface area contributed by atoms with Gasteiger partial charge in [0.05, 0.1) is 0 Å². The molecule has 0 N–H and O–H groups in total. The molecule has 0 aromatic heterocycles. The maximum absolute atomic E-state index is 12.5. The van der Waals surface area contributed by atoms with E-state index < -0.39 is 0 Å². The number of benzene rings is 1. The second-order valence-corrected chi connectivity index (χ2v) is 6.63. The molecule has 6 atom stereocenters. The van der Waals surface area contributed by atoms with Crippen LogP contribution in [0.4, 0.5) is 0 Å². The zero-order chi connectivity index (χ0) is 13.0. The summed E-state index contributed by atoms with van der Waals surface area (Å²) < 4.78 is 0. The van der Waals surface area contributed by atoms with Crippen LogP contribution in [0.3, 0.4) is 0 Å². The summed E-state index contributed by atoms with van der Waals surface area (Å²) in [7, 11) is 0. The molecule has 1 aromatic rings. The Kier molecular flexibility index (Phi) is 2.45. The van der Waals surface area contributed by atoms with E-state index in [0.29, 0.717) is 35.4 Å². The van der Waals surface area contributed by atoms with Crippen molar-refractivity contribution in [3.05, 3.63) is 48.0 Å². The highest BCUT2D eigenvalue weighted by molar-refractivity contribution is 5.87. The lowest BCUT2D eigenvalue weighted by molar-refractivity contribution is -0.129. The van der Waals surface area contributed by atoms with Crippen molar-refractivity contribution in [1.82, 2.24) is 0 Å². The molecule has 1 heteroatoms. The predicted molar refractivity (Wildman–Crippen MR) is 75.7 cm³/mol. The van der Waals surface area contributed by atoms with Crippen LogP contribution in [0.2, 0.25) is 0 Å². The molecule has 0 radical (unpaired) electrons. The van der Waals surface area contributed by atoms with Crippen molar-refractivity contribution in [2.75, 3.05) is 0 Å². The van der Waals surface area contributed by atoms with Crippen molar-refractivity contribution in [2.24, 2.45) is 29.6 Å². The van der Waals surface area contributed by atoms with E-state index in [2.05, 4.69) is 49.4 Å². The van der Waals surface area contributed by atoms with E-state index >= 15 is 0 Å². The lowest BCUT2D eigenvalue weighted by Gasteiger charge is -2.35. The standard InChI is InChI=1S/C18H20O/c1-11-9-15-17(13-7-8-14(10-13)18(15)19)16(11)12-5-3-2-4-6-12/h2-8,11,13-17H,9-10H2,1H3/t11-,13-,14+,15?,16+,17-/m1/s1. The number of allylic oxidation sites excluding steroid dienone is 2. The quantitative estimate of drug-likeness (QED) is 0.694. The molecule has 2 fully saturated rings. The van der Waals surface area contributed by atoms with E-state index in [1.165, 1.54) is 5.56 Å². The van der Waals surface area contributed by atoms with Crippen molar-refractivity contribution < 1.29 is 4.79 Å². The Morgan fingerprint density at radius 3 is 2.63 bits per heavy atom. The van der Waals surface area contributed by atoms with Gasteiger partial charge in [-0.05, 0) is 42.1 Å². The number of hydrogen-bond acceptors (Lipinski definition) is 1. The Bertz CT molecular complexity index is 530. The molecule has 3 aliphatic carbocycles. The smallest absolute Gasteiger partial charge is 0.143 e. The lowest BCUT2D eigenvalue weighted by atomic mass is 9.68. The maximum atomic E-state index is 12.5. The Labute approximate surface area is 114 Å². The summed E-state index contributed by atoms with van der Waals surface area (Å²) in [6.45, 7) is 2.33. The fourth-order valence-corrected chi connectivity index (χ4v) is 4.93. The molecule has 0 heterocycles. The Morgan fingerprint density at radius 2 is 1.84 bits per heavy atom. The third-order valence-corrected chi connectivity index (χ3v) is 5.64. The van der Waals surface area contributed by atoms with E-state index in [1.54, 1.807) is 0 Å². The SMILES string of the molecule is C[C@@H]1CC2C(=O)[C@H]3C=C[C@H](C3)[C@H]2[C@@H]1c1ccccc1. The highest BCUT2D eigenvalue weighted by Gasteiger charge is 2.53. The molecule has 2 saturated carbocycles. The molecule has 1 nitrogen and oxygen atoms in total. The van der Waals surface area contributed by atoms with Gasteiger partial charge in [-0.1, -0.05) is 49.4 Å². The highest BCUT2D eigenvalue weighted by atomic mass is 16.1. The normalized spacial score (nSPS) is 43.5. The molecule has 2 bridgehead atoms. The van der Waals surface area contributed by atoms with Gasteiger partial charge < -0.3 is 0 Å². The zero-order valence-electron chi connectivity index (χ0n) is 11.3. The van der Waals surface area contributed by atoms with Crippen LogP contribution in [-0.4, -0.2) is 5.78 Å². The number of rotatable bonds is 1. The molecule has 0 amide bonds. The van der Waals surface area contributed by atoms with Gasteiger partial charge in [-0.2, -0.15) is 0 Å². The molecule has 0 spiro atoms. The number of fused-ring (bicyclic) bond motifs is 4. The van der Waals surface area contributed by atoms with E-state index in [-0.39, 0.29) is 5.92 Å². The number of carbonyl (C=O) groups excluding carboxylic acids is 1. The van der Waals surface area contributed by atoms with Crippen LogP contribution >= 0.6 is 0 Å². The summed E-state index contributed by atoms with van der Waals surface area (Å²) in [4.78, 5) is 12.5. The minimum atomic E-state index is 0.243. The molecule has 4 rings (SSSR count). The van der Waals surface area contributed by atoms with Crippen molar-refractivity contribution in [2.45, 2.75) is 25.7 Å². The first-order valence-electron chi connectivity index (χ1n) is 7.52. The average molecular weight is 252 g/mol. The molecule has 98 valence electrons. The monoisotopic (exact) mass is 252 g/mol. The first-order valence-corrected chi connectivity index (χ1v) is 7.52. The number of Topliss-reactive ketones (excluding diaryl/α,β-unsaturated/α-hetero) is 1. The summed E-state index contributed by atoms with van der Waals surface area (Å²) in [5, 5.41) is 0. The third-order valence-electron chi connectivity index (χ3n) is 5.64. The first-order chi connectivity index (χ1) is 9.25. The topological polar surface area (TPSA) is 17.1 Å². The van der Waals surface area contributed by atoms with Crippen molar-refractivity contribution in [3.8, 4) is 0 Å². The van der Waals surface area contributed by atoms with E-state index in [0.717, 1.165) is 12.8 Å². The summed E-state index contributed by atoms with van der Waals surface area (Å²) in [6.07, 6.45) is 6.69. The van der Waals surface area contributed by atoms with Crippen LogP contribution in [0.5, 0.6) is 0 Å². The van der Waals surface area contributed by atoms with Crippen LogP contribution in [0.15, 0.2) is 42.5 Å². The summed E-state index contributed by atoms with van der Waals surface area (Å²) in [5.41, 5.74) is 1.44. The molecule has 19 heavy (non-hydrogen) atoms. The van der Waals surface area contributed by atoms with Gasteiger partial charge in [0.15, 0.2) is 0 Å². The van der Waals surface area contributed by atoms with Gasteiger partial charge in [-0.3, -0.25) is 4.79 Å². The fourth-order valence-electron chi connectivity index (χ4n) is 4.93. The molecule has 1 aromatic carbocycles.